The number of esters is 1. The van der Waals surface area contributed by atoms with Gasteiger partial charge in [-0.25, -0.2) is 0 Å². The first-order chi connectivity index (χ1) is 8.90. The molecular weight excluding hydrogens is 244 g/mol. The molecule has 0 aromatic carbocycles. The van der Waals surface area contributed by atoms with E-state index in [-0.39, 0.29) is 12.1 Å². The van der Waals surface area contributed by atoms with Crippen LogP contribution in [0, 0.1) is 0 Å². The molecule has 0 aromatic heterocycles. The van der Waals surface area contributed by atoms with Crippen LogP contribution >= 0.6 is 0 Å². The Morgan fingerprint density at radius 3 is 1.84 bits per heavy atom. The van der Waals surface area contributed by atoms with Crippen LogP contribution in [-0.2, 0) is 14.3 Å². The van der Waals surface area contributed by atoms with Crippen molar-refractivity contribution in [2.45, 2.75) is 85.2 Å². The summed E-state index contributed by atoms with van der Waals surface area (Å²) < 4.78 is 5.06. The van der Waals surface area contributed by atoms with Crippen LogP contribution < -0.4 is 0 Å². The molecule has 4 nitrogen and oxygen atoms in total. The molecule has 0 aliphatic heterocycles. The van der Waals surface area contributed by atoms with E-state index in [2.05, 4.69) is 6.92 Å². The summed E-state index contributed by atoms with van der Waals surface area (Å²) in [4.78, 5) is 19.6. The van der Waals surface area contributed by atoms with E-state index in [1.807, 2.05) is 6.92 Å². The van der Waals surface area contributed by atoms with Gasteiger partial charge < -0.3 is 9.84 Å². The van der Waals surface area contributed by atoms with Gasteiger partial charge in [-0.1, -0.05) is 45.4 Å². The number of aliphatic carboxylic acids is 1. The highest BCUT2D eigenvalue weighted by Gasteiger charge is 2.04. The standard InChI is InChI=1S/C13H26O2.C2H4O2/c1-4-5-6-7-8-9-10-11-12(2)15-13(3)14;1-2(3)4/h12H,4-11H2,1-3H3;1H3,(H,3,4). The van der Waals surface area contributed by atoms with Crippen molar-refractivity contribution in [3.8, 4) is 0 Å². The van der Waals surface area contributed by atoms with E-state index in [4.69, 9.17) is 14.6 Å². The molecular formula is C15H30O4. The molecule has 114 valence electrons. The zero-order chi connectivity index (χ0) is 15.1. The minimum Gasteiger partial charge on any atom is -0.481 e. The topological polar surface area (TPSA) is 63.6 Å². The smallest absolute Gasteiger partial charge is 0.302 e. The number of ether oxygens (including phenoxy) is 1. The zero-order valence-electron chi connectivity index (χ0n) is 12.9. The van der Waals surface area contributed by atoms with Crippen molar-refractivity contribution in [1.29, 1.82) is 0 Å². The molecule has 1 unspecified atom stereocenters. The van der Waals surface area contributed by atoms with Gasteiger partial charge in [0.25, 0.3) is 5.97 Å². The molecule has 19 heavy (non-hydrogen) atoms. The Hall–Kier alpha value is -1.06. The number of unbranched alkanes of at least 4 members (excludes halogenated alkanes) is 6. The Kier molecular flexibility index (Phi) is 16.0. The van der Waals surface area contributed by atoms with Crippen LogP contribution in [0.5, 0.6) is 0 Å². The summed E-state index contributed by atoms with van der Waals surface area (Å²) >= 11 is 0. The monoisotopic (exact) mass is 274 g/mol. The number of carbonyl (C=O) groups is 2. The molecule has 0 fully saturated rings. The van der Waals surface area contributed by atoms with Gasteiger partial charge in [0.05, 0.1) is 6.10 Å². The van der Waals surface area contributed by atoms with E-state index < -0.39 is 5.97 Å². The Labute approximate surface area is 117 Å². The molecule has 4 heteroatoms. The fourth-order valence-corrected chi connectivity index (χ4v) is 1.73. The summed E-state index contributed by atoms with van der Waals surface area (Å²) in [5, 5.41) is 7.42. The normalized spacial score (nSPS) is 11.2. The third-order valence-electron chi connectivity index (χ3n) is 2.58. The van der Waals surface area contributed by atoms with Crippen molar-refractivity contribution in [3.05, 3.63) is 0 Å². The number of carboxylic acid groups (broad SMARTS) is 1. The highest BCUT2D eigenvalue weighted by molar-refractivity contribution is 5.66. The van der Waals surface area contributed by atoms with Crippen molar-refractivity contribution < 1.29 is 19.4 Å². The Morgan fingerprint density at radius 1 is 1.00 bits per heavy atom. The average molecular weight is 274 g/mol. The lowest BCUT2D eigenvalue weighted by atomic mass is 10.1. The van der Waals surface area contributed by atoms with E-state index >= 15 is 0 Å². The highest BCUT2D eigenvalue weighted by Crippen LogP contribution is 2.10. The van der Waals surface area contributed by atoms with Crippen LogP contribution in [0.15, 0.2) is 0 Å². The van der Waals surface area contributed by atoms with E-state index in [0.29, 0.717) is 0 Å². The lowest BCUT2D eigenvalue weighted by Gasteiger charge is -2.10. The van der Waals surface area contributed by atoms with Crippen LogP contribution in [0.2, 0.25) is 0 Å². The second-order valence-electron chi connectivity index (χ2n) is 4.85. The van der Waals surface area contributed by atoms with Gasteiger partial charge in [0.1, 0.15) is 0 Å². The van der Waals surface area contributed by atoms with Gasteiger partial charge in [-0.2, -0.15) is 0 Å². The summed E-state index contributed by atoms with van der Waals surface area (Å²) in [6.45, 7) is 6.76. The van der Waals surface area contributed by atoms with Gasteiger partial charge in [0.2, 0.25) is 0 Å². The average Bonchev–Trinajstić information content (AvgIpc) is 2.26. The summed E-state index contributed by atoms with van der Waals surface area (Å²) in [7, 11) is 0. The summed E-state index contributed by atoms with van der Waals surface area (Å²) in [5.41, 5.74) is 0. The largest absolute Gasteiger partial charge is 0.481 e. The van der Waals surface area contributed by atoms with Gasteiger partial charge in [-0.3, -0.25) is 9.59 Å². The molecule has 0 amide bonds. The van der Waals surface area contributed by atoms with Crippen LogP contribution in [0.3, 0.4) is 0 Å². The minimum absolute atomic E-state index is 0.0955. The molecule has 0 heterocycles. The predicted octanol–water partition coefficient (Wildman–Crippen LogP) is 4.17. The summed E-state index contributed by atoms with van der Waals surface area (Å²) in [6, 6.07) is 0. The quantitative estimate of drug-likeness (QED) is 0.506. The number of hydrogen-bond donors (Lipinski definition) is 1. The molecule has 1 atom stereocenters. The van der Waals surface area contributed by atoms with Crippen LogP contribution in [0.25, 0.3) is 0 Å². The van der Waals surface area contributed by atoms with E-state index in [0.717, 1.165) is 13.3 Å². The third kappa shape index (κ3) is 26.5. The van der Waals surface area contributed by atoms with E-state index in [9.17, 15) is 4.79 Å². The molecule has 1 N–H and O–H groups in total. The second kappa shape index (κ2) is 15.0. The first-order valence-corrected chi connectivity index (χ1v) is 7.26. The van der Waals surface area contributed by atoms with E-state index in [1.165, 1.54) is 51.9 Å². The molecule has 0 aliphatic rings. The molecule has 0 saturated heterocycles. The molecule has 0 aliphatic carbocycles. The number of rotatable bonds is 9. The highest BCUT2D eigenvalue weighted by atomic mass is 16.5. The predicted molar refractivity (Wildman–Crippen MR) is 77.1 cm³/mol. The Morgan fingerprint density at radius 2 is 1.42 bits per heavy atom. The van der Waals surface area contributed by atoms with Gasteiger partial charge in [-0.15, -0.1) is 0 Å². The molecule has 0 saturated carbocycles. The zero-order valence-corrected chi connectivity index (χ0v) is 12.9. The van der Waals surface area contributed by atoms with Crippen LogP contribution in [0.1, 0.15) is 79.1 Å². The van der Waals surface area contributed by atoms with Crippen molar-refractivity contribution in [2.24, 2.45) is 0 Å². The van der Waals surface area contributed by atoms with E-state index in [1.54, 1.807) is 0 Å². The molecule has 0 aromatic rings. The lowest BCUT2D eigenvalue weighted by Crippen LogP contribution is -2.11. The van der Waals surface area contributed by atoms with Gasteiger partial charge in [-0.05, 0) is 19.8 Å². The fourth-order valence-electron chi connectivity index (χ4n) is 1.73. The molecule has 0 rings (SSSR count). The number of carboxylic acids is 1. The van der Waals surface area contributed by atoms with Crippen molar-refractivity contribution >= 4 is 11.9 Å². The number of hydrogen-bond acceptors (Lipinski definition) is 3. The van der Waals surface area contributed by atoms with Gasteiger partial charge >= 0.3 is 5.97 Å². The first kappa shape index (κ1) is 20.3. The maximum absolute atomic E-state index is 10.6. The number of carbonyl (C=O) groups excluding carboxylic acids is 1. The fraction of sp³-hybridized carbons (Fsp3) is 0.867. The van der Waals surface area contributed by atoms with Crippen molar-refractivity contribution in [2.75, 3.05) is 0 Å². The third-order valence-corrected chi connectivity index (χ3v) is 2.58. The molecule has 0 radical (unpaired) electrons. The second-order valence-corrected chi connectivity index (χ2v) is 4.85. The van der Waals surface area contributed by atoms with Crippen molar-refractivity contribution in [1.82, 2.24) is 0 Å². The lowest BCUT2D eigenvalue weighted by molar-refractivity contribution is -0.145. The maximum Gasteiger partial charge on any atom is 0.302 e. The maximum atomic E-state index is 10.6. The Bertz CT molecular complexity index is 222. The SMILES string of the molecule is CC(=O)O.CCCCCCCCCC(C)OC(C)=O. The molecule has 0 bridgehead atoms. The van der Waals surface area contributed by atoms with Crippen LogP contribution in [0.4, 0.5) is 0 Å². The van der Waals surface area contributed by atoms with Crippen molar-refractivity contribution in [3.63, 3.8) is 0 Å². The Balaban J connectivity index is 0. The molecule has 0 spiro atoms. The van der Waals surface area contributed by atoms with Crippen LogP contribution in [-0.4, -0.2) is 23.1 Å². The minimum atomic E-state index is -0.833. The summed E-state index contributed by atoms with van der Waals surface area (Å²) in [6.07, 6.45) is 10.3. The van der Waals surface area contributed by atoms with Gasteiger partial charge in [0, 0.05) is 13.8 Å². The first-order valence-electron chi connectivity index (χ1n) is 7.26. The van der Waals surface area contributed by atoms with Gasteiger partial charge in [0.15, 0.2) is 0 Å². The summed E-state index contributed by atoms with van der Waals surface area (Å²) in [5.74, 6) is -0.995.